The maximum Gasteiger partial charge on any atom is 0.305 e. The second kappa shape index (κ2) is 84.8. The quantitative estimate of drug-likeness (QED) is 0.0320. The van der Waals surface area contributed by atoms with Crippen molar-refractivity contribution in [3.8, 4) is 0 Å². The molecule has 0 aliphatic rings. The lowest BCUT2D eigenvalue weighted by atomic mass is 10.0. The predicted octanol–water partition coefficient (Wildman–Crippen LogP) is 29.6. The summed E-state index contributed by atoms with van der Waals surface area (Å²) in [7, 11) is 0. The van der Waals surface area contributed by atoms with E-state index in [1.54, 1.807) is 6.08 Å². The fourth-order valence-electron chi connectivity index (χ4n) is 14.3. The number of carbonyl (C=O) groups is 2. The molecule has 0 aromatic carbocycles. The number of hydrogen-bond acceptors (Lipinski definition) is 5. The number of rotatable bonds is 84. The molecule has 0 rings (SSSR count). The molecule has 0 saturated carbocycles. The van der Waals surface area contributed by atoms with Crippen molar-refractivity contribution in [3.63, 3.8) is 0 Å². The molecule has 95 heavy (non-hydrogen) atoms. The van der Waals surface area contributed by atoms with Gasteiger partial charge in [-0.2, -0.15) is 0 Å². The molecule has 0 radical (unpaired) electrons. The summed E-state index contributed by atoms with van der Waals surface area (Å²) in [6, 6.07) is -0.625. The summed E-state index contributed by atoms with van der Waals surface area (Å²) in [6.07, 6.45) is 111. The van der Waals surface area contributed by atoms with E-state index in [-0.39, 0.29) is 18.5 Å². The molecule has 0 aromatic rings. The number of nitrogens with one attached hydrogen (secondary N) is 1. The Hall–Kier alpha value is -1.66. The Morgan fingerprint density at radius 3 is 0.747 bits per heavy atom. The number of ether oxygens (including phenoxy) is 1. The highest BCUT2D eigenvalue weighted by Gasteiger charge is 2.18. The van der Waals surface area contributed by atoms with Gasteiger partial charge in [-0.1, -0.05) is 462 Å². The second-order valence-electron chi connectivity index (χ2n) is 30.6. The van der Waals surface area contributed by atoms with E-state index in [4.69, 9.17) is 4.74 Å². The number of unbranched alkanes of at least 4 members (excludes halogenated alkanes) is 71. The third-order valence-electron chi connectivity index (χ3n) is 21.0. The average Bonchev–Trinajstić information content (AvgIpc) is 2.97. The molecule has 0 aliphatic carbocycles. The van der Waals surface area contributed by atoms with E-state index in [0.29, 0.717) is 19.4 Å². The lowest BCUT2D eigenvalue weighted by Gasteiger charge is -2.20. The predicted molar refractivity (Wildman–Crippen MR) is 421 cm³/mol. The van der Waals surface area contributed by atoms with Gasteiger partial charge in [0.25, 0.3) is 0 Å². The Kier molecular flexibility index (Phi) is 83.3. The zero-order valence-corrected chi connectivity index (χ0v) is 64.9. The minimum absolute atomic E-state index is 0.0170. The van der Waals surface area contributed by atoms with Gasteiger partial charge in [0.2, 0.25) is 5.91 Å². The van der Waals surface area contributed by atoms with Gasteiger partial charge in [-0.05, 0) is 57.8 Å². The maximum atomic E-state index is 12.6. The molecule has 0 bridgehead atoms. The zero-order chi connectivity index (χ0) is 68.4. The molecule has 0 heterocycles. The van der Waals surface area contributed by atoms with Crippen molar-refractivity contribution >= 4 is 11.9 Å². The number of carbonyl (C=O) groups excluding carboxylic acids is 2. The molecule has 0 aromatic heterocycles. The first kappa shape index (κ1) is 93.3. The third kappa shape index (κ3) is 81.2. The standard InChI is InChI=1S/C89H173NO5/c1-3-5-7-9-11-13-15-17-19-21-22-23-24-38-41-44-47-50-53-57-61-65-69-73-77-81-87(92)86(85-91)90-88(93)82-78-74-70-66-62-58-54-51-48-45-42-39-36-34-32-30-28-26-25-27-29-31-33-35-37-40-43-46-49-52-56-60-64-68-72-76-80-84-95-89(94)83-79-75-71-67-63-59-55-20-18-16-14-12-10-8-6-4-2/h20,55,77,81,86-87,91-92H,3-19,21-54,56-76,78-80,82-85H2,1-2H3,(H,90,93)/b55-20-,81-77+. The van der Waals surface area contributed by atoms with Crippen molar-refractivity contribution in [1.29, 1.82) is 0 Å². The minimum Gasteiger partial charge on any atom is -0.466 e. The molecular weight excluding hydrogens is 1160 g/mol. The van der Waals surface area contributed by atoms with E-state index < -0.39 is 12.1 Å². The fourth-order valence-corrected chi connectivity index (χ4v) is 14.3. The molecule has 0 spiro atoms. The summed E-state index contributed by atoms with van der Waals surface area (Å²) >= 11 is 0. The van der Waals surface area contributed by atoms with Crippen molar-refractivity contribution in [2.75, 3.05) is 13.2 Å². The van der Waals surface area contributed by atoms with Crippen LogP contribution < -0.4 is 5.32 Å². The molecule has 2 unspecified atom stereocenters. The van der Waals surface area contributed by atoms with Crippen LogP contribution >= 0.6 is 0 Å². The van der Waals surface area contributed by atoms with E-state index >= 15 is 0 Å². The lowest BCUT2D eigenvalue weighted by molar-refractivity contribution is -0.143. The Morgan fingerprint density at radius 2 is 0.495 bits per heavy atom. The summed E-state index contributed by atoms with van der Waals surface area (Å²) in [5, 5.41) is 23.4. The number of allylic oxidation sites excluding steroid dienone is 3. The highest BCUT2D eigenvalue weighted by atomic mass is 16.5. The van der Waals surface area contributed by atoms with E-state index in [9.17, 15) is 19.8 Å². The Morgan fingerprint density at radius 1 is 0.284 bits per heavy atom. The van der Waals surface area contributed by atoms with E-state index in [2.05, 4.69) is 31.3 Å². The van der Waals surface area contributed by atoms with Gasteiger partial charge in [0.1, 0.15) is 0 Å². The van der Waals surface area contributed by atoms with Crippen LogP contribution in [0.3, 0.4) is 0 Å². The van der Waals surface area contributed by atoms with Gasteiger partial charge in [-0.25, -0.2) is 0 Å². The first-order chi connectivity index (χ1) is 47.0. The highest BCUT2D eigenvalue weighted by molar-refractivity contribution is 5.76. The molecule has 0 saturated heterocycles. The summed E-state index contributed by atoms with van der Waals surface area (Å²) in [4.78, 5) is 24.7. The average molecular weight is 1340 g/mol. The van der Waals surface area contributed by atoms with Crippen molar-refractivity contribution in [3.05, 3.63) is 24.3 Å². The minimum atomic E-state index is -0.842. The van der Waals surface area contributed by atoms with Gasteiger partial charge in [0, 0.05) is 12.8 Å². The maximum absolute atomic E-state index is 12.6. The molecule has 6 heteroatoms. The largest absolute Gasteiger partial charge is 0.466 e. The smallest absolute Gasteiger partial charge is 0.305 e. The van der Waals surface area contributed by atoms with Crippen LogP contribution in [0.5, 0.6) is 0 Å². The van der Waals surface area contributed by atoms with Crippen LogP contribution in [-0.2, 0) is 14.3 Å². The van der Waals surface area contributed by atoms with Gasteiger partial charge < -0.3 is 20.3 Å². The van der Waals surface area contributed by atoms with Crippen LogP contribution in [0.1, 0.15) is 508 Å². The van der Waals surface area contributed by atoms with Gasteiger partial charge in [0.05, 0.1) is 25.4 Å². The first-order valence-electron chi connectivity index (χ1n) is 44.1. The monoisotopic (exact) mass is 1340 g/mol. The Labute approximate surface area is 596 Å². The zero-order valence-electron chi connectivity index (χ0n) is 64.9. The summed E-state index contributed by atoms with van der Waals surface area (Å²) in [5.74, 6) is -0.0392. The molecule has 2 atom stereocenters. The van der Waals surface area contributed by atoms with Gasteiger partial charge in [-0.15, -0.1) is 0 Å². The van der Waals surface area contributed by atoms with E-state index in [0.717, 1.165) is 44.9 Å². The number of esters is 1. The normalized spacial score (nSPS) is 12.5. The Balaban J connectivity index is 3.33. The number of amides is 1. The van der Waals surface area contributed by atoms with Crippen molar-refractivity contribution in [1.82, 2.24) is 5.32 Å². The molecule has 0 aliphatic heterocycles. The lowest BCUT2D eigenvalue weighted by Crippen LogP contribution is -2.45. The fraction of sp³-hybridized carbons (Fsp3) is 0.933. The number of aliphatic hydroxyl groups excluding tert-OH is 2. The van der Waals surface area contributed by atoms with E-state index in [1.807, 2.05) is 6.08 Å². The SMILES string of the molecule is CCCCCCCCC/C=C\CCCCCCCC(=O)OCCCCCCCCCCCCCCCCCCCCCCCCCCCCCCCCCCCCCCCC(=O)NC(CO)C(O)/C=C/CCCCCCCCCCCCCCCCCCCCCCCCC. The molecular formula is C89H173NO5. The van der Waals surface area contributed by atoms with Crippen molar-refractivity contribution in [2.24, 2.45) is 0 Å². The van der Waals surface area contributed by atoms with Crippen LogP contribution in [0.15, 0.2) is 24.3 Å². The summed E-state index contributed by atoms with van der Waals surface area (Å²) in [5.41, 5.74) is 0. The molecule has 3 N–H and O–H groups in total. The van der Waals surface area contributed by atoms with Crippen LogP contribution in [0.4, 0.5) is 0 Å². The van der Waals surface area contributed by atoms with Gasteiger partial charge >= 0.3 is 5.97 Å². The van der Waals surface area contributed by atoms with Gasteiger partial charge in [-0.3, -0.25) is 9.59 Å². The first-order valence-corrected chi connectivity index (χ1v) is 44.1. The van der Waals surface area contributed by atoms with Gasteiger partial charge in [0.15, 0.2) is 0 Å². The van der Waals surface area contributed by atoms with Crippen LogP contribution in [0.2, 0.25) is 0 Å². The highest BCUT2D eigenvalue weighted by Crippen LogP contribution is 2.21. The summed E-state index contributed by atoms with van der Waals surface area (Å²) < 4.78 is 5.51. The van der Waals surface area contributed by atoms with Crippen LogP contribution in [0.25, 0.3) is 0 Å². The summed E-state index contributed by atoms with van der Waals surface area (Å²) in [6.45, 7) is 4.96. The number of aliphatic hydroxyl groups is 2. The van der Waals surface area contributed by atoms with Crippen LogP contribution in [0, 0.1) is 0 Å². The molecule has 0 fully saturated rings. The third-order valence-corrected chi connectivity index (χ3v) is 21.0. The number of hydrogen-bond donors (Lipinski definition) is 3. The molecule has 1 amide bonds. The Bertz CT molecular complexity index is 1500. The molecule has 6 nitrogen and oxygen atoms in total. The molecule has 564 valence electrons. The van der Waals surface area contributed by atoms with Crippen molar-refractivity contribution in [2.45, 2.75) is 520 Å². The van der Waals surface area contributed by atoms with E-state index in [1.165, 1.54) is 437 Å². The topological polar surface area (TPSA) is 95.9 Å². The second-order valence-corrected chi connectivity index (χ2v) is 30.6. The van der Waals surface area contributed by atoms with Crippen molar-refractivity contribution < 1.29 is 24.5 Å². The van der Waals surface area contributed by atoms with Crippen LogP contribution in [-0.4, -0.2) is 47.4 Å².